The summed E-state index contributed by atoms with van der Waals surface area (Å²) in [6.07, 6.45) is -2.40. The van der Waals surface area contributed by atoms with Crippen LogP contribution < -0.4 is 4.74 Å². The zero-order chi connectivity index (χ0) is 25.7. The van der Waals surface area contributed by atoms with E-state index in [1.54, 1.807) is 18.2 Å². The van der Waals surface area contributed by atoms with E-state index in [1.165, 1.54) is 12.1 Å². The first kappa shape index (κ1) is 25.5. The number of alkyl halides is 3. The van der Waals surface area contributed by atoms with Crippen LogP contribution in [0.5, 0.6) is 5.75 Å². The molecule has 3 aromatic carbocycles. The summed E-state index contributed by atoms with van der Waals surface area (Å²) in [6, 6.07) is 19.3. The van der Waals surface area contributed by atoms with E-state index >= 15 is 0 Å². The third-order valence-electron chi connectivity index (χ3n) is 6.26. The van der Waals surface area contributed by atoms with Crippen molar-refractivity contribution in [2.45, 2.75) is 51.3 Å². The van der Waals surface area contributed by atoms with Crippen molar-refractivity contribution in [2.75, 3.05) is 0 Å². The predicted molar refractivity (Wildman–Crippen MR) is 132 cm³/mol. The number of aldehydes is 1. The molecule has 4 aromatic rings. The molecule has 1 heterocycles. The highest BCUT2D eigenvalue weighted by Crippen LogP contribution is 2.48. The van der Waals surface area contributed by atoms with Crippen molar-refractivity contribution in [1.82, 2.24) is 4.57 Å². The maximum atomic E-state index is 14.8. The average Bonchev–Trinajstić information content (AvgIpc) is 3.23. The van der Waals surface area contributed by atoms with Gasteiger partial charge in [-0.1, -0.05) is 49.7 Å². The summed E-state index contributed by atoms with van der Waals surface area (Å²) in [5.74, 6) is -0.710. The molecular weight excluding hydrogens is 470 g/mol. The fraction of sp³-hybridized carbons (Fsp3) is 0.276. The van der Waals surface area contributed by atoms with Crippen molar-refractivity contribution >= 4 is 17.2 Å². The molecular formula is C29H27F4NO2. The van der Waals surface area contributed by atoms with E-state index in [0.717, 1.165) is 28.5 Å². The van der Waals surface area contributed by atoms with Crippen LogP contribution in [0.4, 0.5) is 17.6 Å². The number of rotatable bonds is 10. The summed E-state index contributed by atoms with van der Waals surface area (Å²) in [5, 5.41) is 0.370. The van der Waals surface area contributed by atoms with Gasteiger partial charge in [0.25, 0.3) is 0 Å². The van der Waals surface area contributed by atoms with Crippen LogP contribution in [0.1, 0.15) is 55.3 Å². The first-order valence-electron chi connectivity index (χ1n) is 12.0. The molecule has 4 rings (SSSR count). The minimum Gasteiger partial charge on any atom is -0.488 e. The van der Waals surface area contributed by atoms with E-state index in [0.29, 0.717) is 29.5 Å². The Morgan fingerprint density at radius 3 is 2.31 bits per heavy atom. The molecule has 36 heavy (non-hydrogen) atoms. The lowest BCUT2D eigenvalue weighted by atomic mass is 9.87. The molecule has 0 saturated heterocycles. The zero-order valence-electron chi connectivity index (χ0n) is 19.9. The van der Waals surface area contributed by atoms with E-state index in [2.05, 4.69) is 0 Å². The van der Waals surface area contributed by atoms with Gasteiger partial charge in [0.15, 0.2) is 0 Å². The Balaban J connectivity index is 2.01. The highest BCUT2D eigenvalue weighted by atomic mass is 19.4. The van der Waals surface area contributed by atoms with Crippen molar-refractivity contribution in [3.05, 3.63) is 95.4 Å². The predicted octanol–water partition coefficient (Wildman–Crippen LogP) is 8.23. The number of carbonyl (C=O) groups is 1. The van der Waals surface area contributed by atoms with Crippen LogP contribution in [0.3, 0.4) is 0 Å². The minimum absolute atomic E-state index is 0.120. The summed E-state index contributed by atoms with van der Waals surface area (Å²) >= 11 is 0. The number of fused-ring (bicyclic) bond motifs is 1. The highest BCUT2D eigenvalue weighted by Gasteiger charge is 2.42. The molecule has 3 nitrogen and oxygen atoms in total. The second-order valence-corrected chi connectivity index (χ2v) is 8.73. The monoisotopic (exact) mass is 497 g/mol. The van der Waals surface area contributed by atoms with Gasteiger partial charge >= 0.3 is 6.18 Å². The SMILES string of the molecule is CCCC(CCC=O)c1c(C(F)(F)F)n(-c2ccc(F)cc2)c2cccc(OCc3ccccc3)c12. The molecule has 0 aliphatic rings. The number of halogens is 4. The first-order chi connectivity index (χ1) is 17.3. The van der Waals surface area contributed by atoms with Gasteiger partial charge in [-0.25, -0.2) is 4.39 Å². The maximum absolute atomic E-state index is 14.8. The quantitative estimate of drug-likeness (QED) is 0.163. The molecule has 0 saturated carbocycles. The molecule has 1 aromatic heterocycles. The smallest absolute Gasteiger partial charge is 0.432 e. The molecule has 0 radical (unpaired) electrons. The molecule has 7 heteroatoms. The molecule has 0 aliphatic carbocycles. The Kier molecular flexibility index (Phi) is 7.77. The number of benzene rings is 3. The molecule has 0 amide bonds. The molecule has 0 fully saturated rings. The Bertz CT molecular complexity index is 1310. The van der Waals surface area contributed by atoms with Crippen LogP contribution in [0.15, 0.2) is 72.8 Å². The molecule has 1 atom stereocenters. The van der Waals surface area contributed by atoms with Crippen molar-refractivity contribution < 1.29 is 27.1 Å². The zero-order valence-corrected chi connectivity index (χ0v) is 19.9. The summed E-state index contributed by atoms with van der Waals surface area (Å²) in [4.78, 5) is 11.2. The van der Waals surface area contributed by atoms with Gasteiger partial charge in [0.2, 0.25) is 0 Å². The standard InChI is InChI=1S/C29H27F4NO2/c1-2-8-21(11-7-18-35)26-27-24(12-6-13-25(27)36-19-20-9-4-3-5-10-20)34(28(26)29(31,32)33)23-16-14-22(30)15-17-23/h3-6,9-10,12-18,21H,2,7-8,11,19H2,1H3. The van der Waals surface area contributed by atoms with E-state index in [1.807, 2.05) is 37.3 Å². The van der Waals surface area contributed by atoms with Crippen LogP contribution in [-0.2, 0) is 17.6 Å². The van der Waals surface area contributed by atoms with E-state index in [-0.39, 0.29) is 30.7 Å². The fourth-order valence-corrected chi connectivity index (χ4v) is 4.78. The average molecular weight is 498 g/mol. The lowest BCUT2D eigenvalue weighted by Gasteiger charge is -2.21. The van der Waals surface area contributed by atoms with Gasteiger partial charge in [0, 0.05) is 17.5 Å². The fourth-order valence-electron chi connectivity index (χ4n) is 4.78. The topological polar surface area (TPSA) is 31.2 Å². The van der Waals surface area contributed by atoms with Crippen molar-refractivity contribution in [3.8, 4) is 11.4 Å². The van der Waals surface area contributed by atoms with Crippen molar-refractivity contribution in [3.63, 3.8) is 0 Å². The molecule has 1 unspecified atom stereocenters. The van der Waals surface area contributed by atoms with E-state index in [9.17, 15) is 22.4 Å². The Morgan fingerprint density at radius 1 is 0.944 bits per heavy atom. The van der Waals surface area contributed by atoms with E-state index in [4.69, 9.17) is 4.74 Å². The Labute approximate surface area is 207 Å². The van der Waals surface area contributed by atoms with Crippen LogP contribution in [0.2, 0.25) is 0 Å². The Hall–Kier alpha value is -3.61. The van der Waals surface area contributed by atoms with Crippen LogP contribution in [0.25, 0.3) is 16.6 Å². The summed E-state index contributed by atoms with van der Waals surface area (Å²) in [7, 11) is 0. The van der Waals surface area contributed by atoms with Crippen LogP contribution in [0, 0.1) is 5.82 Å². The molecule has 0 N–H and O–H groups in total. The number of hydrogen-bond donors (Lipinski definition) is 0. The number of hydrogen-bond acceptors (Lipinski definition) is 2. The first-order valence-corrected chi connectivity index (χ1v) is 12.0. The van der Waals surface area contributed by atoms with Gasteiger partial charge in [-0.3, -0.25) is 0 Å². The lowest BCUT2D eigenvalue weighted by molar-refractivity contribution is -0.142. The van der Waals surface area contributed by atoms with Gasteiger partial charge in [-0.15, -0.1) is 0 Å². The highest BCUT2D eigenvalue weighted by molar-refractivity contribution is 5.93. The third kappa shape index (κ3) is 5.30. The second kappa shape index (κ2) is 11.0. The van der Waals surface area contributed by atoms with Gasteiger partial charge in [0.05, 0.1) is 5.52 Å². The summed E-state index contributed by atoms with van der Waals surface area (Å²) in [6.45, 7) is 2.10. The van der Waals surface area contributed by atoms with Crippen molar-refractivity contribution in [1.29, 1.82) is 0 Å². The lowest BCUT2D eigenvalue weighted by Crippen LogP contribution is -2.16. The van der Waals surface area contributed by atoms with Crippen LogP contribution >= 0.6 is 0 Å². The minimum atomic E-state index is -4.70. The molecule has 0 aliphatic heterocycles. The van der Waals surface area contributed by atoms with Gasteiger partial charge in [0.1, 0.15) is 30.2 Å². The number of carbonyl (C=O) groups excluding carboxylic acids is 1. The number of ether oxygens (including phenoxy) is 1. The van der Waals surface area contributed by atoms with Crippen molar-refractivity contribution in [2.24, 2.45) is 0 Å². The Morgan fingerprint density at radius 2 is 1.67 bits per heavy atom. The van der Waals surface area contributed by atoms with Gasteiger partial charge < -0.3 is 14.1 Å². The molecule has 0 spiro atoms. The van der Waals surface area contributed by atoms with Gasteiger partial charge in [-0.2, -0.15) is 13.2 Å². The number of aromatic nitrogens is 1. The normalized spacial score (nSPS) is 12.6. The maximum Gasteiger partial charge on any atom is 0.432 e. The third-order valence-corrected chi connectivity index (χ3v) is 6.26. The number of nitrogens with zero attached hydrogens (tertiary/aromatic N) is 1. The second-order valence-electron chi connectivity index (χ2n) is 8.73. The van der Waals surface area contributed by atoms with Gasteiger partial charge in [-0.05, 0) is 66.3 Å². The largest absolute Gasteiger partial charge is 0.488 e. The molecule has 188 valence electrons. The van der Waals surface area contributed by atoms with Crippen LogP contribution in [-0.4, -0.2) is 10.9 Å². The summed E-state index contributed by atoms with van der Waals surface area (Å²) < 4.78 is 65.3. The molecule has 0 bridgehead atoms. The summed E-state index contributed by atoms with van der Waals surface area (Å²) in [5.41, 5.74) is 0.710. The van der Waals surface area contributed by atoms with E-state index < -0.39 is 23.6 Å².